The van der Waals surface area contributed by atoms with E-state index in [2.05, 4.69) is 4.72 Å². The average Bonchev–Trinajstić information content (AvgIpc) is 3.13. The van der Waals surface area contributed by atoms with Crippen LogP contribution in [0.2, 0.25) is 0 Å². The highest BCUT2D eigenvalue weighted by Crippen LogP contribution is 2.44. The van der Waals surface area contributed by atoms with Crippen LogP contribution in [0.1, 0.15) is 24.0 Å². The number of nitrogens with one attached hydrogen (secondary N) is 1. The summed E-state index contributed by atoms with van der Waals surface area (Å²) in [4.78, 5) is 0.251. The summed E-state index contributed by atoms with van der Waals surface area (Å²) in [5.74, 6) is 0. The van der Waals surface area contributed by atoms with Gasteiger partial charge in [0, 0.05) is 24.3 Å². The Morgan fingerprint density at radius 2 is 2.00 bits per heavy atom. The molecule has 1 aliphatic carbocycles. The molecule has 4 N–H and O–H groups in total. The minimum Gasteiger partial charge on any atom is -0.398 e. The molecule has 0 atom stereocenters. The zero-order chi connectivity index (χ0) is 14.3. The van der Waals surface area contributed by atoms with E-state index in [-0.39, 0.29) is 23.5 Å². The normalized spacial score (nSPS) is 17.4. The number of aliphatic hydroxyl groups is 1. The molecule has 0 aliphatic heterocycles. The SMILES string of the molecule is Cc1ccc(N)c(C)c1S(=O)(=O)NCC1(CO)CC1. The van der Waals surface area contributed by atoms with Gasteiger partial charge in [0.25, 0.3) is 0 Å². The Morgan fingerprint density at radius 1 is 1.37 bits per heavy atom. The van der Waals surface area contributed by atoms with Crippen molar-refractivity contribution in [1.82, 2.24) is 4.72 Å². The van der Waals surface area contributed by atoms with Crippen LogP contribution in [0, 0.1) is 19.3 Å². The Bertz CT molecular complexity index is 592. The van der Waals surface area contributed by atoms with Gasteiger partial charge in [-0.2, -0.15) is 0 Å². The smallest absolute Gasteiger partial charge is 0.241 e. The van der Waals surface area contributed by atoms with Crippen molar-refractivity contribution < 1.29 is 13.5 Å². The Morgan fingerprint density at radius 3 is 2.53 bits per heavy atom. The van der Waals surface area contributed by atoms with Crippen molar-refractivity contribution in [3.05, 3.63) is 23.3 Å². The van der Waals surface area contributed by atoms with Crippen molar-refractivity contribution >= 4 is 15.7 Å². The van der Waals surface area contributed by atoms with Crippen molar-refractivity contribution in [2.75, 3.05) is 18.9 Å². The molecule has 0 amide bonds. The number of rotatable bonds is 5. The molecule has 1 aromatic carbocycles. The highest BCUT2D eigenvalue weighted by molar-refractivity contribution is 7.89. The second kappa shape index (κ2) is 4.77. The Labute approximate surface area is 113 Å². The maximum Gasteiger partial charge on any atom is 0.241 e. The lowest BCUT2D eigenvalue weighted by molar-refractivity contribution is 0.213. The van der Waals surface area contributed by atoms with Crippen LogP contribution < -0.4 is 10.5 Å². The lowest BCUT2D eigenvalue weighted by Gasteiger charge is -2.16. The van der Waals surface area contributed by atoms with E-state index in [1.54, 1.807) is 26.0 Å². The molecule has 0 unspecified atom stereocenters. The van der Waals surface area contributed by atoms with Gasteiger partial charge < -0.3 is 10.8 Å². The van der Waals surface area contributed by atoms with Gasteiger partial charge in [0.15, 0.2) is 0 Å². The van der Waals surface area contributed by atoms with Gasteiger partial charge in [0.1, 0.15) is 0 Å². The molecule has 5 nitrogen and oxygen atoms in total. The highest BCUT2D eigenvalue weighted by Gasteiger charge is 2.42. The topological polar surface area (TPSA) is 92.4 Å². The third-order valence-electron chi connectivity index (χ3n) is 3.84. The van der Waals surface area contributed by atoms with Crippen molar-refractivity contribution in [2.24, 2.45) is 5.41 Å². The van der Waals surface area contributed by atoms with Gasteiger partial charge in [-0.15, -0.1) is 0 Å². The van der Waals surface area contributed by atoms with E-state index in [0.717, 1.165) is 12.8 Å². The van der Waals surface area contributed by atoms with Crippen LogP contribution >= 0.6 is 0 Å². The van der Waals surface area contributed by atoms with Gasteiger partial charge in [0.2, 0.25) is 10.0 Å². The van der Waals surface area contributed by atoms with Gasteiger partial charge in [0.05, 0.1) is 4.90 Å². The molecule has 0 spiro atoms. The van der Waals surface area contributed by atoms with E-state index >= 15 is 0 Å². The first-order valence-corrected chi connectivity index (χ1v) is 7.76. The number of benzene rings is 1. The van der Waals surface area contributed by atoms with Crippen molar-refractivity contribution in [2.45, 2.75) is 31.6 Å². The molecular weight excluding hydrogens is 264 g/mol. The maximum absolute atomic E-state index is 12.4. The van der Waals surface area contributed by atoms with Crippen LogP contribution in [0.4, 0.5) is 5.69 Å². The predicted molar refractivity (Wildman–Crippen MR) is 74.3 cm³/mol. The fourth-order valence-corrected chi connectivity index (χ4v) is 3.80. The molecule has 0 aromatic heterocycles. The molecule has 1 aromatic rings. The third kappa shape index (κ3) is 2.75. The summed E-state index contributed by atoms with van der Waals surface area (Å²) in [7, 11) is -3.59. The number of hydrogen-bond acceptors (Lipinski definition) is 4. The molecule has 1 fully saturated rings. The Kier molecular flexibility index (Phi) is 3.59. The second-order valence-corrected chi connectivity index (χ2v) is 7.11. The standard InChI is InChI=1S/C13H20N2O3S/c1-9-3-4-11(14)10(2)12(9)19(17,18)15-7-13(8-16)5-6-13/h3-4,15-16H,5-8,14H2,1-2H3. The fraction of sp³-hybridized carbons (Fsp3) is 0.538. The van der Waals surface area contributed by atoms with E-state index in [4.69, 9.17) is 5.73 Å². The Hall–Kier alpha value is -1.11. The van der Waals surface area contributed by atoms with Gasteiger partial charge in [-0.3, -0.25) is 0 Å². The summed E-state index contributed by atoms with van der Waals surface area (Å²) in [6.45, 7) is 3.75. The quantitative estimate of drug-likeness (QED) is 0.702. The zero-order valence-corrected chi connectivity index (χ0v) is 12.0. The first-order chi connectivity index (χ1) is 8.81. The van der Waals surface area contributed by atoms with Gasteiger partial charge >= 0.3 is 0 Å². The molecule has 1 saturated carbocycles. The first kappa shape index (κ1) is 14.3. The summed E-state index contributed by atoms with van der Waals surface area (Å²) in [6.07, 6.45) is 1.72. The summed E-state index contributed by atoms with van der Waals surface area (Å²) in [5.41, 5.74) is 7.23. The largest absolute Gasteiger partial charge is 0.398 e. The van der Waals surface area contributed by atoms with Crippen LogP contribution in [0.5, 0.6) is 0 Å². The number of nitrogens with two attached hydrogens (primary N) is 1. The summed E-state index contributed by atoms with van der Waals surface area (Å²) >= 11 is 0. The predicted octanol–water partition coefficient (Wildman–Crippen LogP) is 0.936. The lowest BCUT2D eigenvalue weighted by atomic mass is 10.1. The number of hydrogen-bond donors (Lipinski definition) is 3. The molecular formula is C13H20N2O3S. The number of aliphatic hydroxyl groups excluding tert-OH is 1. The fourth-order valence-electron chi connectivity index (χ4n) is 2.14. The first-order valence-electron chi connectivity index (χ1n) is 6.27. The minimum absolute atomic E-state index is 0.0183. The van der Waals surface area contributed by atoms with E-state index in [1.165, 1.54) is 0 Å². The van der Waals surface area contributed by atoms with Crippen molar-refractivity contribution in [3.63, 3.8) is 0 Å². The molecule has 0 heterocycles. The number of aryl methyl sites for hydroxylation is 1. The van der Waals surface area contributed by atoms with Crippen LogP contribution in [0.3, 0.4) is 0 Å². The average molecular weight is 284 g/mol. The van der Waals surface area contributed by atoms with Crippen molar-refractivity contribution in [1.29, 1.82) is 0 Å². The molecule has 6 heteroatoms. The zero-order valence-electron chi connectivity index (χ0n) is 11.2. The van der Waals surface area contributed by atoms with Crippen LogP contribution in [-0.4, -0.2) is 26.7 Å². The number of sulfonamides is 1. The third-order valence-corrected chi connectivity index (χ3v) is 5.53. The maximum atomic E-state index is 12.4. The monoisotopic (exact) mass is 284 g/mol. The molecule has 0 radical (unpaired) electrons. The molecule has 0 bridgehead atoms. The molecule has 0 saturated heterocycles. The summed E-state index contributed by atoms with van der Waals surface area (Å²) < 4.78 is 27.3. The van der Waals surface area contributed by atoms with E-state index in [0.29, 0.717) is 16.8 Å². The van der Waals surface area contributed by atoms with Gasteiger partial charge in [-0.05, 0) is 43.9 Å². The molecule has 1 aliphatic rings. The van der Waals surface area contributed by atoms with Gasteiger partial charge in [-0.25, -0.2) is 13.1 Å². The van der Waals surface area contributed by atoms with E-state index in [1.807, 2.05) is 0 Å². The minimum atomic E-state index is -3.59. The number of nitrogen functional groups attached to an aromatic ring is 1. The Balaban J connectivity index is 2.27. The molecule has 2 rings (SSSR count). The van der Waals surface area contributed by atoms with E-state index < -0.39 is 10.0 Å². The van der Waals surface area contributed by atoms with Crippen LogP contribution in [0.15, 0.2) is 17.0 Å². The van der Waals surface area contributed by atoms with Crippen LogP contribution in [-0.2, 0) is 10.0 Å². The van der Waals surface area contributed by atoms with Crippen LogP contribution in [0.25, 0.3) is 0 Å². The summed E-state index contributed by atoms with van der Waals surface area (Å²) in [6, 6.07) is 3.41. The van der Waals surface area contributed by atoms with E-state index in [9.17, 15) is 13.5 Å². The molecule has 19 heavy (non-hydrogen) atoms. The summed E-state index contributed by atoms with van der Waals surface area (Å²) in [5, 5.41) is 9.22. The molecule has 106 valence electrons. The van der Waals surface area contributed by atoms with Crippen molar-refractivity contribution in [3.8, 4) is 0 Å². The lowest BCUT2D eigenvalue weighted by Crippen LogP contribution is -2.32. The second-order valence-electron chi connectivity index (χ2n) is 5.41. The number of anilines is 1. The van der Waals surface area contributed by atoms with Gasteiger partial charge in [-0.1, -0.05) is 6.07 Å². The highest BCUT2D eigenvalue weighted by atomic mass is 32.2.